The lowest BCUT2D eigenvalue weighted by atomic mass is 10.2. The highest BCUT2D eigenvalue weighted by molar-refractivity contribution is 6.35. The van der Waals surface area contributed by atoms with Crippen molar-refractivity contribution in [2.75, 3.05) is 6.61 Å². The molecule has 0 aliphatic rings. The Balaban J connectivity index is 3.06. The van der Waals surface area contributed by atoms with Gasteiger partial charge in [-0.25, -0.2) is 4.98 Å². The van der Waals surface area contributed by atoms with Gasteiger partial charge < -0.3 is 4.74 Å². The van der Waals surface area contributed by atoms with Crippen LogP contribution in [-0.4, -0.2) is 11.6 Å². The predicted octanol–water partition coefficient (Wildman–Crippen LogP) is 4.18. The minimum Gasteiger partial charge on any atom is -0.493 e. The third kappa shape index (κ3) is 3.40. The van der Waals surface area contributed by atoms with E-state index in [2.05, 4.69) is 4.98 Å². The van der Waals surface area contributed by atoms with Crippen LogP contribution in [0.1, 0.15) is 25.8 Å². The van der Waals surface area contributed by atoms with Crippen molar-refractivity contribution in [3.05, 3.63) is 34.1 Å². The predicted molar refractivity (Wildman–Crippen MR) is 64.2 cm³/mol. The minimum absolute atomic E-state index is 0.385. The molecule has 0 spiro atoms. The zero-order valence-electron chi connectivity index (χ0n) is 8.76. The van der Waals surface area contributed by atoms with Crippen molar-refractivity contribution < 1.29 is 4.74 Å². The highest BCUT2D eigenvalue weighted by Crippen LogP contribution is 2.26. The van der Waals surface area contributed by atoms with Crippen LogP contribution in [0.3, 0.4) is 0 Å². The molecule has 0 saturated carbocycles. The summed E-state index contributed by atoms with van der Waals surface area (Å²) >= 11 is 11.8. The van der Waals surface area contributed by atoms with Gasteiger partial charge in [-0.15, -0.1) is 0 Å². The summed E-state index contributed by atoms with van der Waals surface area (Å²) in [4.78, 5) is 3.99. The van der Waals surface area contributed by atoms with Crippen molar-refractivity contribution >= 4 is 29.0 Å². The van der Waals surface area contributed by atoms with Crippen molar-refractivity contribution in [1.29, 1.82) is 0 Å². The second-order valence-corrected chi connectivity index (χ2v) is 3.69. The summed E-state index contributed by atoms with van der Waals surface area (Å²) in [5, 5.41) is 0.944. The minimum atomic E-state index is 0.385. The average Bonchev–Trinajstić information content (AvgIpc) is 2.17. The second-order valence-electron chi connectivity index (χ2n) is 2.90. The summed E-state index contributed by atoms with van der Waals surface area (Å²) in [7, 11) is 0. The summed E-state index contributed by atoms with van der Waals surface area (Å²) in [6.45, 7) is 4.57. The monoisotopic (exact) mass is 245 g/mol. The quantitative estimate of drug-likeness (QED) is 0.587. The van der Waals surface area contributed by atoms with E-state index in [0.717, 1.165) is 17.7 Å². The van der Waals surface area contributed by atoms with Crippen LogP contribution in [0.25, 0.3) is 5.76 Å². The molecule has 0 aliphatic heterocycles. The number of hydrogen-bond donors (Lipinski definition) is 0. The summed E-state index contributed by atoms with van der Waals surface area (Å²) in [5.41, 5.74) is 0.782. The molecule has 0 aromatic carbocycles. The van der Waals surface area contributed by atoms with E-state index in [0.29, 0.717) is 16.8 Å². The van der Waals surface area contributed by atoms with Crippen LogP contribution in [0.5, 0.6) is 0 Å². The number of hydrogen-bond acceptors (Lipinski definition) is 2. The molecule has 1 heterocycles. The number of ether oxygens (including phenoxy) is 1. The molecule has 0 unspecified atom stereocenters. The van der Waals surface area contributed by atoms with E-state index in [1.54, 1.807) is 12.3 Å². The van der Waals surface area contributed by atoms with Crippen molar-refractivity contribution in [2.24, 2.45) is 0 Å². The number of rotatable bonds is 4. The molecule has 0 saturated heterocycles. The summed E-state index contributed by atoms with van der Waals surface area (Å²) in [6.07, 6.45) is 4.48. The van der Waals surface area contributed by atoms with Crippen LogP contribution < -0.4 is 0 Å². The maximum atomic E-state index is 6.05. The lowest BCUT2D eigenvalue weighted by Crippen LogP contribution is -1.94. The first-order chi connectivity index (χ1) is 7.19. The van der Waals surface area contributed by atoms with E-state index >= 15 is 0 Å². The number of pyridine rings is 1. The lowest BCUT2D eigenvalue weighted by Gasteiger charge is -2.10. The van der Waals surface area contributed by atoms with Gasteiger partial charge in [-0.3, -0.25) is 0 Å². The van der Waals surface area contributed by atoms with E-state index in [1.165, 1.54) is 0 Å². The molecule has 82 valence electrons. The Bertz CT molecular complexity index is 364. The van der Waals surface area contributed by atoms with E-state index in [9.17, 15) is 0 Å². The Kier molecular flexibility index (Phi) is 4.92. The number of halogens is 2. The maximum absolute atomic E-state index is 6.05. The molecule has 15 heavy (non-hydrogen) atoms. The van der Waals surface area contributed by atoms with Gasteiger partial charge in [0.15, 0.2) is 0 Å². The number of aromatic nitrogens is 1. The Morgan fingerprint density at radius 1 is 1.47 bits per heavy atom. The van der Waals surface area contributed by atoms with E-state index in [1.807, 2.05) is 19.9 Å². The molecule has 0 amide bonds. The molecule has 0 N–H and O–H groups in total. The third-order valence-corrected chi connectivity index (χ3v) is 2.29. The Morgan fingerprint density at radius 2 is 2.20 bits per heavy atom. The molecular formula is C11H13Cl2NO. The first-order valence-corrected chi connectivity index (χ1v) is 5.59. The largest absolute Gasteiger partial charge is 0.493 e. The molecule has 0 aliphatic carbocycles. The first kappa shape index (κ1) is 12.3. The zero-order chi connectivity index (χ0) is 11.3. The van der Waals surface area contributed by atoms with Gasteiger partial charge in [-0.05, 0) is 25.5 Å². The highest BCUT2D eigenvalue weighted by atomic mass is 35.5. The molecule has 1 rings (SSSR count). The molecule has 2 nitrogen and oxygen atoms in total. The van der Waals surface area contributed by atoms with Crippen LogP contribution in [0.2, 0.25) is 10.2 Å². The molecule has 0 atom stereocenters. The van der Waals surface area contributed by atoms with Crippen LogP contribution in [-0.2, 0) is 4.74 Å². The van der Waals surface area contributed by atoms with Crippen LogP contribution in [0.4, 0.5) is 0 Å². The van der Waals surface area contributed by atoms with Crippen LogP contribution in [0.15, 0.2) is 18.3 Å². The molecule has 0 radical (unpaired) electrons. The van der Waals surface area contributed by atoms with E-state index in [-0.39, 0.29) is 0 Å². The molecule has 0 bridgehead atoms. The molecule has 1 aromatic heterocycles. The summed E-state index contributed by atoms with van der Waals surface area (Å²) in [6, 6.07) is 1.61. The van der Waals surface area contributed by atoms with Gasteiger partial charge in [-0.2, -0.15) is 0 Å². The third-order valence-electron chi connectivity index (χ3n) is 1.77. The number of allylic oxidation sites excluding steroid dienone is 1. The van der Waals surface area contributed by atoms with Gasteiger partial charge in [0.25, 0.3) is 0 Å². The highest BCUT2D eigenvalue weighted by Gasteiger charge is 2.08. The fourth-order valence-corrected chi connectivity index (χ4v) is 1.64. The molecule has 4 heteroatoms. The average molecular weight is 246 g/mol. The molecule has 0 fully saturated rings. The van der Waals surface area contributed by atoms with Gasteiger partial charge in [0.2, 0.25) is 0 Å². The normalized spacial score (nSPS) is 11.6. The smallest absolute Gasteiger partial charge is 0.130 e. The Morgan fingerprint density at radius 3 is 2.73 bits per heavy atom. The summed E-state index contributed by atoms with van der Waals surface area (Å²) < 4.78 is 5.48. The van der Waals surface area contributed by atoms with Crippen LogP contribution >= 0.6 is 23.2 Å². The van der Waals surface area contributed by atoms with Crippen LogP contribution in [0, 0.1) is 0 Å². The second kappa shape index (κ2) is 5.99. The van der Waals surface area contributed by atoms with E-state index < -0.39 is 0 Å². The van der Waals surface area contributed by atoms with Gasteiger partial charge >= 0.3 is 0 Å². The van der Waals surface area contributed by atoms with Gasteiger partial charge in [-0.1, -0.05) is 30.1 Å². The topological polar surface area (TPSA) is 22.1 Å². The van der Waals surface area contributed by atoms with Crippen molar-refractivity contribution in [3.63, 3.8) is 0 Å². The SMILES string of the molecule is CC/C=C(\OCC)c1cnc(Cl)cc1Cl. The standard InChI is InChI=1S/C11H13Cl2NO/c1-3-5-10(15-4-2)8-7-14-11(13)6-9(8)12/h5-7H,3-4H2,1-2H3/b10-5-. The Hall–Kier alpha value is -0.730. The fraction of sp³-hybridized carbons (Fsp3) is 0.364. The molecular weight excluding hydrogens is 233 g/mol. The molecule has 1 aromatic rings. The Labute approximate surface area is 99.9 Å². The fourth-order valence-electron chi connectivity index (χ4n) is 1.18. The summed E-state index contributed by atoms with van der Waals surface area (Å²) in [5.74, 6) is 0.758. The zero-order valence-corrected chi connectivity index (χ0v) is 10.3. The van der Waals surface area contributed by atoms with Crippen molar-refractivity contribution in [2.45, 2.75) is 20.3 Å². The maximum Gasteiger partial charge on any atom is 0.130 e. The van der Waals surface area contributed by atoms with E-state index in [4.69, 9.17) is 27.9 Å². The van der Waals surface area contributed by atoms with Crippen molar-refractivity contribution in [3.8, 4) is 0 Å². The van der Waals surface area contributed by atoms with Gasteiger partial charge in [0.1, 0.15) is 10.9 Å². The van der Waals surface area contributed by atoms with Crippen molar-refractivity contribution in [1.82, 2.24) is 4.98 Å². The first-order valence-electron chi connectivity index (χ1n) is 4.83. The van der Waals surface area contributed by atoms with Gasteiger partial charge in [0.05, 0.1) is 17.2 Å². The number of nitrogens with zero attached hydrogens (tertiary/aromatic N) is 1. The lowest BCUT2D eigenvalue weighted by molar-refractivity contribution is 0.297. The van der Waals surface area contributed by atoms with Gasteiger partial charge in [0, 0.05) is 6.20 Å².